The standard InChI is InChI=1S/C26H25N5O3/c1-16-13-23(28-15-27-16)29-18-8-10-19(11-9-18)30-24(32)17-7-12-21-22(14-17)26(34)31(25(21)33)20-5-3-2-4-6-20/h7-15,20H,2-6H2,1H3,(H,30,32)(H,27,28,29). The maximum Gasteiger partial charge on any atom is 0.261 e. The molecule has 0 spiro atoms. The number of hydrogen-bond donors (Lipinski definition) is 2. The van der Waals surface area contributed by atoms with Crippen LogP contribution in [0.15, 0.2) is 54.9 Å². The molecule has 1 aliphatic carbocycles. The number of aryl methyl sites for hydroxylation is 1. The van der Waals surface area contributed by atoms with E-state index in [1.54, 1.807) is 24.3 Å². The largest absolute Gasteiger partial charge is 0.340 e. The van der Waals surface area contributed by atoms with Gasteiger partial charge in [0.2, 0.25) is 0 Å². The van der Waals surface area contributed by atoms with Gasteiger partial charge in [-0.05, 0) is 62.2 Å². The molecule has 3 amide bonds. The molecule has 1 fully saturated rings. The summed E-state index contributed by atoms with van der Waals surface area (Å²) in [6.07, 6.45) is 6.38. The first-order chi connectivity index (χ1) is 16.5. The van der Waals surface area contributed by atoms with Crippen molar-refractivity contribution in [2.45, 2.75) is 45.1 Å². The van der Waals surface area contributed by atoms with Gasteiger partial charge < -0.3 is 10.6 Å². The van der Waals surface area contributed by atoms with Crippen LogP contribution >= 0.6 is 0 Å². The summed E-state index contributed by atoms with van der Waals surface area (Å²) in [5.41, 5.74) is 3.31. The van der Waals surface area contributed by atoms with Gasteiger partial charge in [0.15, 0.2) is 0 Å². The lowest BCUT2D eigenvalue weighted by molar-refractivity contribution is 0.0549. The van der Waals surface area contributed by atoms with E-state index in [9.17, 15) is 14.4 Å². The molecule has 5 rings (SSSR count). The zero-order chi connectivity index (χ0) is 23.7. The molecule has 2 aromatic carbocycles. The third kappa shape index (κ3) is 4.26. The molecule has 0 radical (unpaired) electrons. The van der Waals surface area contributed by atoms with Gasteiger partial charge in [0, 0.05) is 34.7 Å². The van der Waals surface area contributed by atoms with Crippen molar-refractivity contribution in [3.63, 3.8) is 0 Å². The minimum atomic E-state index is -0.341. The number of anilines is 3. The molecule has 1 saturated carbocycles. The highest BCUT2D eigenvalue weighted by molar-refractivity contribution is 6.22. The lowest BCUT2D eigenvalue weighted by atomic mass is 9.94. The van der Waals surface area contributed by atoms with Crippen LogP contribution in [0.3, 0.4) is 0 Å². The van der Waals surface area contributed by atoms with Crippen molar-refractivity contribution in [3.05, 3.63) is 77.2 Å². The Balaban J connectivity index is 1.28. The third-order valence-corrected chi connectivity index (χ3v) is 6.34. The molecule has 8 heteroatoms. The molecule has 172 valence electrons. The molecule has 3 aromatic rings. The fourth-order valence-electron chi connectivity index (χ4n) is 4.58. The van der Waals surface area contributed by atoms with E-state index in [2.05, 4.69) is 20.6 Å². The first-order valence-electron chi connectivity index (χ1n) is 11.5. The van der Waals surface area contributed by atoms with Gasteiger partial charge in [0.25, 0.3) is 17.7 Å². The van der Waals surface area contributed by atoms with Crippen molar-refractivity contribution in [2.24, 2.45) is 0 Å². The molecule has 1 aromatic heterocycles. The Morgan fingerprint density at radius 1 is 0.882 bits per heavy atom. The van der Waals surface area contributed by atoms with Gasteiger partial charge in [-0.3, -0.25) is 19.3 Å². The van der Waals surface area contributed by atoms with E-state index in [-0.39, 0.29) is 23.8 Å². The van der Waals surface area contributed by atoms with Crippen LogP contribution in [0, 0.1) is 6.92 Å². The zero-order valence-corrected chi connectivity index (χ0v) is 18.9. The summed E-state index contributed by atoms with van der Waals surface area (Å²) in [5.74, 6) is -0.201. The predicted octanol–water partition coefficient (Wildman–Crippen LogP) is 4.71. The third-order valence-electron chi connectivity index (χ3n) is 6.34. The topological polar surface area (TPSA) is 104 Å². The molecule has 2 heterocycles. The average molecular weight is 456 g/mol. The van der Waals surface area contributed by atoms with Crippen LogP contribution in [0.5, 0.6) is 0 Å². The van der Waals surface area contributed by atoms with E-state index in [4.69, 9.17) is 0 Å². The van der Waals surface area contributed by atoms with Crippen LogP contribution in [-0.2, 0) is 0 Å². The van der Waals surface area contributed by atoms with Gasteiger partial charge in [0.1, 0.15) is 12.1 Å². The van der Waals surface area contributed by atoms with Crippen molar-refractivity contribution in [1.29, 1.82) is 0 Å². The van der Waals surface area contributed by atoms with E-state index >= 15 is 0 Å². The molecule has 8 nitrogen and oxygen atoms in total. The van der Waals surface area contributed by atoms with Crippen LogP contribution in [0.2, 0.25) is 0 Å². The van der Waals surface area contributed by atoms with Crippen LogP contribution in [0.4, 0.5) is 17.2 Å². The van der Waals surface area contributed by atoms with Gasteiger partial charge in [-0.15, -0.1) is 0 Å². The first kappa shape index (κ1) is 21.8. The Labute approximate surface area is 197 Å². The molecule has 1 aliphatic heterocycles. The fourth-order valence-corrected chi connectivity index (χ4v) is 4.58. The quantitative estimate of drug-likeness (QED) is 0.540. The summed E-state index contributed by atoms with van der Waals surface area (Å²) in [5, 5.41) is 6.04. The Bertz CT molecular complexity index is 1270. The Morgan fingerprint density at radius 3 is 2.32 bits per heavy atom. The van der Waals surface area contributed by atoms with Crippen LogP contribution in [0.1, 0.15) is 68.9 Å². The lowest BCUT2D eigenvalue weighted by Gasteiger charge is -2.29. The minimum Gasteiger partial charge on any atom is -0.340 e. The molecule has 0 atom stereocenters. The SMILES string of the molecule is Cc1cc(Nc2ccc(NC(=O)c3ccc4c(c3)C(=O)N(C3CCCCC3)C4=O)cc2)ncn1. The number of nitrogens with one attached hydrogen (secondary N) is 2. The van der Waals surface area contributed by atoms with E-state index in [1.807, 2.05) is 25.1 Å². The number of carbonyl (C=O) groups excluding carboxylic acids is 3. The van der Waals surface area contributed by atoms with E-state index < -0.39 is 0 Å². The van der Waals surface area contributed by atoms with Gasteiger partial charge in [-0.2, -0.15) is 0 Å². The van der Waals surface area contributed by atoms with Crippen LogP contribution < -0.4 is 10.6 Å². The number of fused-ring (bicyclic) bond motifs is 1. The monoisotopic (exact) mass is 455 g/mol. The molecule has 34 heavy (non-hydrogen) atoms. The normalized spacial score (nSPS) is 15.9. The zero-order valence-electron chi connectivity index (χ0n) is 18.9. The van der Waals surface area contributed by atoms with Crippen LogP contribution in [0.25, 0.3) is 0 Å². The number of aromatic nitrogens is 2. The van der Waals surface area contributed by atoms with Gasteiger partial charge in [0.05, 0.1) is 11.1 Å². The second kappa shape index (κ2) is 9.05. The Morgan fingerprint density at radius 2 is 1.59 bits per heavy atom. The molecular formula is C26H25N5O3. The van der Waals surface area contributed by atoms with E-state index in [0.29, 0.717) is 28.2 Å². The second-order valence-corrected chi connectivity index (χ2v) is 8.73. The van der Waals surface area contributed by atoms with Crippen molar-refractivity contribution >= 4 is 34.9 Å². The number of hydrogen-bond acceptors (Lipinski definition) is 6. The minimum absolute atomic E-state index is 0.0446. The van der Waals surface area contributed by atoms with E-state index in [0.717, 1.165) is 43.5 Å². The Hall–Kier alpha value is -4.07. The highest BCUT2D eigenvalue weighted by Gasteiger charge is 2.40. The summed E-state index contributed by atoms with van der Waals surface area (Å²) in [4.78, 5) is 48.3. The van der Waals surface area contributed by atoms with Crippen molar-refractivity contribution < 1.29 is 14.4 Å². The lowest BCUT2D eigenvalue weighted by Crippen LogP contribution is -2.40. The molecule has 0 unspecified atom stereocenters. The summed E-state index contributed by atoms with van der Waals surface area (Å²) in [6, 6.07) is 13.7. The predicted molar refractivity (Wildman–Crippen MR) is 128 cm³/mol. The highest BCUT2D eigenvalue weighted by atomic mass is 16.2. The van der Waals surface area contributed by atoms with Crippen molar-refractivity contribution in [2.75, 3.05) is 10.6 Å². The van der Waals surface area contributed by atoms with Gasteiger partial charge >= 0.3 is 0 Å². The first-order valence-corrected chi connectivity index (χ1v) is 11.5. The molecule has 0 bridgehead atoms. The fraction of sp³-hybridized carbons (Fsp3) is 0.269. The summed E-state index contributed by atoms with van der Waals surface area (Å²) >= 11 is 0. The Kier molecular flexibility index (Phi) is 5.79. The maximum absolute atomic E-state index is 13.0. The van der Waals surface area contributed by atoms with Gasteiger partial charge in [-0.25, -0.2) is 9.97 Å². The number of amides is 3. The average Bonchev–Trinajstić information content (AvgIpc) is 3.10. The number of benzene rings is 2. The number of rotatable bonds is 5. The summed E-state index contributed by atoms with van der Waals surface area (Å²) < 4.78 is 0. The summed E-state index contributed by atoms with van der Waals surface area (Å²) in [6.45, 7) is 1.89. The number of carbonyl (C=O) groups is 3. The van der Waals surface area contributed by atoms with Crippen molar-refractivity contribution in [1.82, 2.24) is 14.9 Å². The molecule has 0 saturated heterocycles. The maximum atomic E-state index is 13.0. The van der Waals surface area contributed by atoms with Crippen molar-refractivity contribution in [3.8, 4) is 0 Å². The summed E-state index contributed by atoms with van der Waals surface area (Å²) in [7, 11) is 0. The molecule has 2 N–H and O–H groups in total. The van der Waals surface area contributed by atoms with Gasteiger partial charge in [-0.1, -0.05) is 19.3 Å². The van der Waals surface area contributed by atoms with Crippen LogP contribution in [-0.4, -0.2) is 38.6 Å². The molecule has 2 aliphatic rings. The highest BCUT2D eigenvalue weighted by Crippen LogP contribution is 2.31. The second-order valence-electron chi connectivity index (χ2n) is 8.73. The number of nitrogens with zero attached hydrogens (tertiary/aromatic N) is 3. The van der Waals surface area contributed by atoms with E-state index in [1.165, 1.54) is 17.3 Å². The molecular weight excluding hydrogens is 430 g/mol. The smallest absolute Gasteiger partial charge is 0.261 e. The number of imide groups is 1.